The summed E-state index contributed by atoms with van der Waals surface area (Å²) in [6.07, 6.45) is 3.85. The van der Waals surface area contributed by atoms with Crippen LogP contribution in [0.1, 0.15) is 33.1 Å². The van der Waals surface area contributed by atoms with E-state index in [0.717, 1.165) is 13.2 Å². The molecule has 0 aliphatic carbocycles. The Morgan fingerprint density at radius 2 is 1.71 bits per heavy atom. The molecule has 2 nitrogen and oxygen atoms in total. The minimum absolute atomic E-state index is 0.877. The van der Waals surface area contributed by atoms with Crippen molar-refractivity contribution >= 4 is 8.32 Å². The van der Waals surface area contributed by atoms with E-state index in [9.17, 15) is 0 Å². The smallest absolute Gasteiger partial charge is 0.186 e. The molecule has 3 heteroatoms. The Balaban J connectivity index is 3.26. The molecule has 0 saturated heterocycles. The van der Waals surface area contributed by atoms with Crippen molar-refractivity contribution in [3.05, 3.63) is 0 Å². The predicted octanol–water partition coefficient (Wildman–Crippen LogP) is 3.01. The topological polar surface area (TPSA) is 21.3 Å². The molecular formula is C11H27NOSi. The molecule has 0 amide bonds. The first-order valence-corrected chi connectivity index (χ1v) is 9.08. The zero-order valence-corrected chi connectivity index (χ0v) is 11.4. The van der Waals surface area contributed by atoms with Gasteiger partial charge in [0, 0.05) is 6.61 Å². The lowest BCUT2D eigenvalue weighted by Crippen LogP contribution is -2.31. The minimum Gasteiger partial charge on any atom is -0.418 e. The van der Waals surface area contributed by atoms with E-state index in [1.165, 1.54) is 31.9 Å². The van der Waals surface area contributed by atoms with Gasteiger partial charge in [-0.15, -0.1) is 0 Å². The second kappa shape index (κ2) is 8.45. The second-order valence-corrected chi connectivity index (χ2v) is 8.71. The maximum absolute atomic E-state index is 5.77. The number of hydrogen-bond donors (Lipinski definition) is 1. The zero-order valence-electron chi connectivity index (χ0n) is 10.4. The predicted molar refractivity (Wildman–Crippen MR) is 66.3 cm³/mol. The van der Waals surface area contributed by atoms with Gasteiger partial charge in [-0.1, -0.05) is 13.3 Å². The van der Waals surface area contributed by atoms with Gasteiger partial charge in [0.2, 0.25) is 0 Å². The summed E-state index contributed by atoms with van der Waals surface area (Å²) in [5, 5.41) is 3.47. The average Bonchev–Trinajstić information content (AvgIpc) is 2.11. The van der Waals surface area contributed by atoms with Crippen molar-refractivity contribution in [1.82, 2.24) is 5.32 Å². The van der Waals surface area contributed by atoms with E-state index in [0.29, 0.717) is 0 Å². The molecule has 0 aliphatic heterocycles. The normalized spacial score (nSPS) is 12.0. The molecule has 0 unspecified atom stereocenters. The van der Waals surface area contributed by atoms with Crippen LogP contribution < -0.4 is 5.32 Å². The van der Waals surface area contributed by atoms with Crippen molar-refractivity contribution in [3.8, 4) is 0 Å². The van der Waals surface area contributed by atoms with Crippen molar-refractivity contribution in [2.24, 2.45) is 0 Å². The molecule has 0 rings (SSSR count). The first-order valence-electron chi connectivity index (χ1n) is 5.97. The lowest BCUT2D eigenvalue weighted by molar-refractivity contribution is 0.328. The molecule has 0 aliphatic rings. The minimum atomic E-state index is -1.31. The quantitative estimate of drug-likeness (QED) is 0.473. The van der Waals surface area contributed by atoms with Crippen LogP contribution in [0.3, 0.4) is 0 Å². The van der Waals surface area contributed by atoms with E-state index in [1.54, 1.807) is 0 Å². The Bertz CT molecular complexity index is 128. The molecule has 1 N–H and O–H groups in total. The monoisotopic (exact) mass is 217 g/mol. The third-order valence-corrected chi connectivity index (χ3v) is 5.00. The van der Waals surface area contributed by atoms with E-state index >= 15 is 0 Å². The van der Waals surface area contributed by atoms with E-state index in [1.807, 2.05) is 0 Å². The van der Waals surface area contributed by atoms with Crippen LogP contribution in [0.5, 0.6) is 0 Å². The van der Waals surface area contributed by atoms with Crippen LogP contribution in [0.4, 0.5) is 0 Å². The molecule has 0 radical (unpaired) electrons. The molecule has 0 spiro atoms. The fourth-order valence-corrected chi connectivity index (χ4v) is 3.48. The molecule has 0 aromatic rings. The molecular weight excluding hydrogens is 190 g/mol. The van der Waals surface area contributed by atoms with Gasteiger partial charge in [-0.25, -0.2) is 0 Å². The highest BCUT2D eigenvalue weighted by Crippen LogP contribution is 2.12. The lowest BCUT2D eigenvalue weighted by Gasteiger charge is -2.21. The van der Waals surface area contributed by atoms with E-state index in [2.05, 4.69) is 32.3 Å². The number of unbranched alkanes of at least 4 members (excludes halogenated alkanes) is 1. The lowest BCUT2D eigenvalue weighted by atomic mass is 10.3. The summed E-state index contributed by atoms with van der Waals surface area (Å²) >= 11 is 0. The Hall–Kier alpha value is 0.137. The molecule has 0 aromatic carbocycles. The van der Waals surface area contributed by atoms with E-state index in [4.69, 9.17) is 4.43 Å². The molecule has 0 saturated carbocycles. The van der Waals surface area contributed by atoms with Crippen molar-refractivity contribution in [2.45, 2.75) is 52.2 Å². The maximum atomic E-state index is 5.77. The summed E-state index contributed by atoms with van der Waals surface area (Å²) in [6.45, 7) is 12.1. The standard InChI is InChI=1S/C11H27NOSi/c1-5-7-9-12-10-8-11-14(3,4)13-6-2/h12H,5-11H2,1-4H3. The first-order chi connectivity index (χ1) is 6.62. The van der Waals surface area contributed by atoms with Gasteiger partial charge in [0.25, 0.3) is 0 Å². The number of hydrogen-bond acceptors (Lipinski definition) is 2. The molecule has 0 fully saturated rings. The molecule has 0 aromatic heterocycles. The van der Waals surface area contributed by atoms with Gasteiger partial charge < -0.3 is 9.74 Å². The van der Waals surface area contributed by atoms with Crippen LogP contribution in [-0.2, 0) is 4.43 Å². The van der Waals surface area contributed by atoms with Crippen molar-refractivity contribution < 1.29 is 4.43 Å². The van der Waals surface area contributed by atoms with Crippen molar-refractivity contribution in [1.29, 1.82) is 0 Å². The first kappa shape index (κ1) is 14.1. The number of rotatable bonds is 9. The summed E-state index contributed by atoms with van der Waals surface area (Å²) in [4.78, 5) is 0. The van der Waals surface area contributed by atoms with Crippen LogP contribution in [0.25, 0.3) is 0 Å². The van der Waals surface area contributed by atoms with Gasteiger partial charge in [0.1, 0.15) is 0 Å². The van der Waals surface area contributed by atoms with Crippen LogP contribution in [0.2, 0.25) is 19.1 Å². The Kier molecular flexibility index (Phi) is 8.53. The fourth-order valence-electron chi connectivity index (χ4n) is 1.53. The zero-order chi connectivity index (χ0) is 10.9. The highest BCUT2D eigenvalue weighted by molar-refractivity contribution is 6.71. The third kappa shape index (κ3) is 8.72. The van der Waals surface area contributed by atoms with Crippen molar-refractivity contribution in [2.75, 3.05) is 19.7 Å². The third-order valence-electron chi connectivity index (χ3n) is 2.37. The summed E-state index contributed by atoms with van der Waals surface area (Å²) in [5.74, 6) is 0. The summed E-state index contributed by atoms with van der Waals surface area (Å²) in [7, 11) is -1.31. The SMILES string of the molecule is CCCCNCCC[Si](C)(C)OCC. The highest BCUT2D eigenvalue weighted by Gasteiger charge is 2.20. The fraction of sp³-hybridized carbons (Fsp3) is 1.00. The molecule has 86 valence electrons. The van der Waals surface area contributed by atoms with Gasteiger partial charge in [-0.3, -0.25) is 0 Å². The molecule has 0 bridgehead atoms. The summed E-state index contributed by atoms with van der Waals surface area (Å²) in [6, 6.07) is 1.28. The summed E-state index contributed by atoms with van der Waals surface area (Å²) < 4.78 is 5.77. The van der Waals surface area contributed by atoms with E-state index in [-0.39, 0.29) is 0 Å². The molecule has 0 atom stereocenters. The Morgan fingerprint density at radius 3 is 2.29 bits per heavy atom. The van der Waals surface area contributed by atoms with Crippen LogP contribution in [0.15, 0.2) is 0 Å². The second-order valence-electron chi connectivity index (χ2n) is 4.40. The average molecular weight is 217 g/mol. The highest BCUT2D eigenvalue weighted by atomic mass is 28.4. The maximum Gasteiger partial charge on any atom is 0.186 e. The largest absolute Gasteiger partial charge is 0.418 e. The molecule has 0 heterocycles. The number of nitrogens with one attached hydrogen (secondary N) is 1. The van der Waals surface area contributed by atoms with Crippen LogP contribution in [0, 0.1) is 0 Å². The Morgan fingerprint density at radius 1 is 1.07 bits per heavy atom. The Labute approximate surface area is 90.6 Å². The van der Waals surface area contributed by atoms with Gasteiger partial charge in [-0.2, -0.15) is 0 Å². The summed E-state index contributed by atoms with van der Waals surface area (Å²) in [5.41, 5.74) is 0. The van der Waals surface area contributed by atoms with Gasteiger partial charge in [-0.05, 0) is 52.0 Å². The molecule has 14 heavy (non-hydrogen) atoms. The van der Waals surface area contributed by atoms with Gasteiger partial charge in [0.05, 0.1) is 0 Å². The van der Waals surface area contributed by atoms with Gasteiger partial charge in [0.15, 0.2) is 8.32 Å². The van der Waals surface area contributed by atoms with Crippen LogP contribution in [-0.4, -0.2) is 28.0 Å². The van der Waals surface area contributed by atoms with Gasteiger partial charge >= 0.3 is 0 Å². The van der Waals surface area contributed by atoms with Crippen LogP contribution >= 0.6 is 0 Å². The van der Waals surface area contributed by atoms with Crippen molar-refractivity contribution in [3.63, 3.8) is 0 Å². The van der Waals surface area contributed by atoms with E-state index < -0.39 is 8.32 Å².